The van der Waals surface area contributed by atoms with E-state index in [0.29, 0.717) is 11.3 Å². The molecule has 3 aromatic rings. The summed E-state index contributed by atoms with van der Waals surface area (Å²) in [7, 11) is 0. The van der Waals surface area contributed by atoms with Crippen LogP contribution in [0.15, 0.2) is 71.6 Å². The number of para-hydroxylation sites is 1. The van der Waals surface area contributed by atoms with Crippen molar-refractivity contribution in [3.05, 3.63) is 84.1 Å². The van der Waals surface area contributed by atoms with Crippen LogP contribution in [0.5, 0.6) is 0 Å². The summed E-state index contributed by atoms with van der Waals surface area (Å²) in [6.45, 7) is 0.267. The van der Waals surface area contributed by atoms with E-state index in [2.05, 4.69) is 15.6 Å². The number of amides is 2. The highest BCUT2D eigenvalue weighted by molar-refractivity contribution is 6.04. The van der Waals surface area contributed by atoms with Crippen molar-refractivity contribution in [2.75, 3.05) is 5.32 Å². The van der Waals surface area contributed by atoms with Crippen LogP contribution < -0.4 is 10.6 Å². The molecule has 3 rings (SSSR count). The first-order valence-electron chi connectivity index (χ1n) is 7.35. The van der Waals surface area contributed by atoms with Crippen LogP contribution in [0.2, 0.25) is 0 Å². The van der Waals surface area contributed by atoms with Crippen molar-refractivity contribution in [1.82, 2.24) is 10.3 Å². The molecule has 0 atom stereocenters. The van der Waals surface area contributed by atoms with E-state index in [1.54, 1.807) is 36.5 Å². The van der Waals surface area contributed by atoms with Crippen molar-refractivity contribution in [1.29, 1.82) is 0 Å². The van der Waals surface area contributed by atoms with Crippen LogP contribution in [0.1, 0.15) is 26.5 Å². The van der Waals surface area contributed by atoms with Gasteiger partial charge in [-0.15, -0.1) is 0 Å². The molecule has 6 heteroatoms. The first kappa shape index (κ1) is 15.5. The second-order valence-electron chi connectivity index (χ2n) is 5.01. The van der Waals surface area contributed by atoms with Crippen molar-refractivity contribution in [3.8, 4) is 0 Å². The van der Waals surface area contributed by atoms with Gasteiger partial charge in [0.15, 0.2) is 5.76 Å². The summed E-state index contributed by atoms with van der Waals surface area (Å²) in [6.07, 6.45) is 4.54. The standard InChI is InChI=1S/C18H15N3O3/c22-17(14-6-3-9-19-11-14)21-15-7-2-1-5-13(15)12-20-18(23)16-8-4-10-24-16/h1-11H,12H2,(H,20,23)(H,21,22). The van der Waals surface area contributed by atoms with Crippen LogP contribution in [0, 0.1) is 0 Å². The molecule has 0 fully saturated rings. The Morgan fingerprint density at radius 3 is 2.62 bits per heavy atom. The number of benzene rings is 1. The number of hydrogen-bond acceptors (Lipinski definition) is 4. The minimum atomic E-state index is -0.312. The topological polar surface area (TPSA) is 84.2 Å². The fraction of sp³-hybridized carbons (Fsp3) is 0.0556. The van der Waals surface area contributed by atoms with Gasteiger partial charge in [0, 0.05) is 24.6 Å². The van der Waals surface area contributed by atoms with Gasteiger partial charge < -0.3 is 15.1 Å². The Kier molecular flexibility index (Phi) is 4.67. The summed E-state index contributed by atoms with van der Waals surface area (Å²) in [4.78, 5) is 28.1. The van der Waals surface area contributed by atoms with E-state index in [9.17, 15) is 9.59 Å². The van der Waals surface area contributed by atoms with Crippen LogP contribution in [-0.4, -0.2) is 16.8 Å². The molecule has 0 unspecified atom stereocenters. The summed E-state index contributed by atoms with van der Waals surface area (Å²) < 4.78 is 5.05. The number of aromatic nitrogens is 1. The average Bonchev–Trinajstić information content (AvgIpc) is 3.16. The fourth-order valence-corrected chi connectivity index (χ4v) is 2.16. The van der Waals surface area contributed by atoms with Gasteiger partial charge in [-0.1, -0.05) is 18.2 Å². The number of pyridine rings is 1. The summed E-state index contributed by atoms with van der Waals surface area (Å²) in [6, 6.07) is 13.9. The molecule has 0 spiro atoms. The quantitative estimate of drug-likeness (QED) is 0.757. The lowest BCUT2D eigenvalue weighted by Gasteiger charge is -2.11. The number of hydrogen-bond donors (Lipinski definition) is 2. The van der Waals surface area contributed by atoms with Crippen LogP contribution in [0.4, 0.5) is 5.69 Å². The number of carbonyl (C=O) groups is 2. The zero-order chi connectivity index (χ0) is 16.8. The Morgan fingerprint density at radius 2 is 1.88 bits per heavy atom. The molecule has 2 heterocycles. The number of nitrogens with zero attached hydrogens (tertiary/aromatic N) is 1. The molecule has 0 aliphatic heterocycles. The minimum Gasteiger partial charge on any atom is -0.459 e. The van der Waals surface area contributed by atoms with Gasteiger partial charge >= 0.3 is 0 Å². The van der Waals surface area contributed by atoms with E-state index in [-0.39, 0.29) is 24.1 Å². The highest BCUT2D eigenvalue weighted by Crippen LogP contribution is 2.16. The van der Waals surface area contributed by atoms with Gasteiger partial charge in [0.1, 0.15) is 0 Å². The second kappa shape index (κ2) is 7.23. The zero-order valence-corrected chi connectivity index (χ0v) is 12.7. The minimum absolute atomic E-state index is 0.242. The number of rotatable bonds is 5. The van der Waals surface area contributed by atoms with Gasteiger partial charge in [0.25, 0.3) is 11.8 Å². The third kappa shape index (κ3) is 3.67. The number of furan rings is 1. The molecule has 0 aliphatic rings. The molecule has 24 heavy (non-hydrogen) atoms. The van der Waals surface area contributed by atoms with Crippen molar-refractivity contribution in [2.24, 2.45) is 0 Å². The number of carbonyl (C=O) groups excluding carboxylic acids is 2. The van der Waals surface area contributed by atoms with Crippen LogP contribution in [-0.2, 0) is 6.54 Å². The average molecular weight is 321 g/mol. The van der Waals surface area contributed by atoms with E-state index in [0.717, 1.165) is 5.56 Å². The molecule has 0 bridgehead atoms. The van der Waals surface area contributed by atoms with Crippen molar-refractivity contribution >= 4 is 17.5 Å². The highest BCUT2D eigenvalue weighted by Gasteiger charge is 2.11. The highest BCUT2D eigenvalue weighted by atomic mass is 16.3. The lowest BCUT2D eigenvalue weighted by Crippen LogP contribution is -2.23. The molecule has 120 valence electrons. The van der Waals surface area contributed by atoms with E-state index >= 15 is 0 Å². The summed E-state index contributed by atoms with van der Waals surface area (Å²) in [5.74, 6) is -0.326. The van der Waals surface area contributed by atoms with Gasteiger partial charge in [-0.05, 0) is 35.9 Å². The largest absolute Gasteiger partial charge is 0.459 e. The van der Waals surface area contributed by atoms with Crippen molar-refractivity contribution < 1.29 is 14.0 Å². The zero-order valence-electron chi connectivity index (χ0n) is 12.7. The molecular formula is C18H15N3O3. The van der Waals surface area contributed by atoms with Crippen LogP contribution in [0.3, 0.4) is 0 Å². The van der Waals surface area contributed by atoms with Gasteiger partial charge in [-0.2, -0.15) is 0 Å². The summed E-state index contributed by atoms with van der Waals surface area (Å²) >= 11 is 0. The van der Waals surface area contributed by atoms with E-state index < -0.39 is 0 Å². The molecule has 2 N–H and O–H groups in total. The maximum absolute atomic E-state index is 12.2. The summed E-state index contributed by atoms with van der Waals surface area (Å²) in [5, 5.41) is 5.59. The lowest BCUT2D eigenvalue weighted by molar-refractivity contribution is 0.0923. The predicted octanol–water partition coefficient (Wildman–Crippen LogP) is 2.86. The molecule has 2 aromatic heterocycles. The van der Waals surface area contributed by atoms with Crippen LogP contribution in [0.25, 0.3) is 0 Å². The Bertz CT molecular complexity index is 830. The molecule has 0 radical (unpaired) electrons. The lowest BCUT2D eigenvalue weighted by atomic mass is 10.1. The Hall–Kier alpha value is -3.41. The molecule has 0 saturated carbocycles. The molecule has 6 nitrogen and oxygen atoms in total. The molecule has 2 amide bonds. The van der Waals surface area contributed by atoms with Gasteiger partial charge in [0.2, 0.25) is 0 Å². The SMILES string of the molecule is O=C(Nc1ccccc1CNC(=O)c1ccco1)c1cccnc1. The second-order valence-corrected chi connectivity index (χ2v) is 5.01. The molecule has 0 aliphatic carbocycles. The van der Waals surface area contributed by atoms with Crippen LogP contribution >= 0.6 is 0 Å². The first-order chi connectivity index (χ1) is 11.7. The Morgan fingerprint density at radius 1 is 1.00 bits per heavy atom. The third-order valence-corrected chi connectivity index (χ3v) is 3.37. The van der Waals surface area contributed by atoms with E-state index in [1.807, 2.05) is 18.2 Å². The number of anilines is 1. The third-order valence-electron chi connectivity index (χ3n) is 3.37. The maximum Gasteiger partial charge on any atom is 0.287 e. The van der Waals surface area contributed by atoms with Gasteiger partial charge in [-0.3, -0.25) is 14.6 Å². The normalized spacial score (nSPS) is 10.2. The first-order valence-corrected chi connectivity index (χ1v) is 7.35. The van der Waals surface area contributed by atoms with Crippen molar-refractivity contribution in [3.63, 3.8) is 0 Å². The Labute approximate surface area is 138 Å². The fourth-order valence-electron chi connectivity index (χ4n) is 2.16. The summed E-state index contributed by atoms with van der Waals surface area (Å²) in [5.41, 5.74) is 1.88. The van der Waals surface area contributed by atoms with Crippen molar-refractivity contribution in [2.45, 2.75) is 6.54 Å². The molecular weight excluding hydrogens is 306 g/mol. The van der Waals surface area contributed by atoms with E-state index in [4.69, 9.17) is 4.42 Å². The van der Waals surface area contributed by atoms with Gasteiger partial charge in [0.05, 0.1) is 11.8 Å². The number of nitrogens with one attached hydrogen (secondary N) is 2. The smallest absolute Gasteiger partial charge is 0.287 e. The Balaban J connectivity index is 1.69. The maximum atomic E-state index is 12.2. The predicted molar refractivity (Wildman–Crippen MR) is 88.5 cm³/mol. The van der Waals surface area contributed by atoms with Gasteiger partial charge in [-0.25, -0.2) is 0 Å². The van der Waals surface area contributed by atoms with E-state index in [1.165, 1.54) is 12.5 Å². The monoisotopic (exact) mass is 321 g/mol. The molecule has 0 saturated heterocycles. The molecule has 1 aromatic carbocycles.